The van der Waals surface area contributed by atoms with Crippen LogP contribution in [-0.2, 0) is 0 Å². The van der Waals surface area contributed by atoms with E-state index in [0.717, 1.165) is 82.8 Å². The Morgan fingerprint density at radius 1 is 0.300 bits per heavy atom. The molecule has 0 N–H and O–H groups in total. The lowest BCUT2D eigenvalue weighted by atomic mass is 9.98. The monoisotopic (exact) mass is 641 g/mol. The highest BCUT2D eigenvalue weighted by Crippen LogP contribution is 2.40. The van der Waals surface area contributed by atoms with E-state index in [9.17, 15) is 0 Å². The van der Waals surface area contributed by atoms with Gasteiger partial charge in [-0.3, -0.25) is 0 Å². The number of furan rings is 2. The van der Waals surface area contributed by atoms with Crippen LogP contribution in [0.2, 0.25) is 0 Å². The van der Waals surface area contributed by atoms with Gasteiger partial charge in [-0.25, -0.2) is 15.0 Å². The predicted octanol–water partition coefficient (Wildman–Crippen LogP) is 12.0. The SMILES string of the molecule is c1ccc(-c2nc(-c3ccccc3)nc(-c3cccc(-c4ccc5c(c4)oc4cc(-c6cccc7oc8ccccc8c67)ccc45)c3)n2)cc1. The maximum absolute atomic E-state index is 6.55. The standard InChI is InChI=1S/C45H27N3O2/c1-3-11-28(12-4-1)43-46-44(29-13-5-2-6-14-29)48-45(47-43)33-16-9-15-30(25-33)31-21-23-35-36-24-22-32(27-41(36)50-40(35)26-31)34-18-10-20-39-42(34)37-17-7-8-19-38(37)49-39/h1-27H. The van der Waals surface area contributed by atoms with Crippen molar-refractivity contribution >= 4 is 43.9 Å². The molecule has 3 heterocycles. The summed E-state index contributed by atoms with van der Waals surface area (Å²) in [6, 6.07) is 55.7. The van der Waals surface area contributed by atoms with E-state index in [1.54, 1.807) is 0 Å². The van der Waals surface area contributed by atoms with Crippen molar-refractivity contribution in [3.8, 4) is 56.4 Å². The van der Waals surface area contributed by atoms with Crippen molar-refractivity contribution in [2.75, 3.05) is 0 Å². The largest absolute Gasteiger partial charge is 0.456 e. The van der Waals surface area contributed by atoms with Gasteiger partial charge in [-0.2, -0.15) is 0 Å². The third-order valence-electron chi connectivity index (χ3n) is 9.34. The van der Waals surface area contributed by atoms with Crippen molar-refractivity contribution in [1.29, 1.82) is 0 Å². The molecule has 0 spiro atoms. The zero-order chi connectivity index (χ0) is 33.0. The molecule has 0 atom stereocenters. The number of aromatic nitrogens is 3. The maximum atomic E-state index is 6.55. The molecule has 0 aliphatic heterocycles. The molecule has 7 aromatic carbocycles. The van der Waals surface area contributed by atoms with E-state index < -0.39 is 0 Å². The molecule has 0 bridgehead atoms. The molecular formula is C45H27N3O2. The van der Waals surface area contributed by atoms with Gasteiger partial charge in [0.05, 0.1) is 0 Å². The normalized spacial score (nSPS) is 11.6. The summed E-state index contributed by atoms with van der Waals surface area (Å²) < 4.78 is 12.7. The van der Waals surface area contributed by atoms with Gasteiger partial charge in [0, 0.05) is 38.2 Å². The number of para-hydroxylation sites is 1. The lowest BCUT2D eigenvalue weighted by Gasteiger charge is -2.09. The minimum Gasteiger partial charge on any atom is -0.456 e. The highest BCUT2D eigenvalue weighted by Gasteiger charge is 2.16. The van der Waals surface area contributed by atoms with Crippen LogP contribution in [-0.4, -0.2) is 15.0 Å². The van der Waals surface area contributed by atoms with Gasteiger partial charge < -0.3 is 8.83 Å². The molecule has 0 aliphatic rings. The van der Waals surface area contributed by atoms with E-state index >= 15 is 0 Å². The van der Waals surface area contributed by atoms with Crippen LogP contribution in [0.3, 0.4) is 0 Å². The Labute approximate surface area is 287 Å². The van der Waals surface area contributed by atoms with Crippen molar-refractivity contribution in [3.05, 3.63) is 164 Å². The van der Waals surface area contributed by atoms with Crippen molar-refractivity contribution in [3.63, 3.8) is 0 Å². The number of rotatable bonds is 5. The summed E-state index contributed by atoms with van der Waals surface area (Å²) in [6.07, 6.45) is 0. The van der Waals surface area contributed by atoms with Crippen LogP contribution < -0.4 is 0 Å². The van der Waals surface area contributed by atoms with E-state index in [1.807, 2.05) is 97.1 Å². The molecule has 10 rings (SSSR count). The van der Waals surface area contributed by atoms with Gasteiger partial charge in [-0.1, -0.05) is 121 Å². The van der Waals surface area contributed by atoms with Crippen LogP contribution in [0.4, 0.5) is 0 Å². The molecule has 0 saturated heterocycles. The summed E-state index contributed by atoms with van der Waals surface area (Å²) in [7, 11) is 0. The fourth-order valence-corrected chi connectivity index (χ4v) is 6.91. The Morgan fingerprint density at radius 3 is 1.52 bits per heavy atom. The van der Waals surface area contributed by atoms with Crippen molar-refractivity contribution in [1.82, 2.24) is 15.0 Å². The lowest BCUT2D eigenvalue weighted by Crippen LogP contribution is -2.00. The third kappa shape index (κ3) is 4.75. The van der Waals surface area contributed by atoms with Crippen molar-refractivity contribution < 1.29 is 8.83 Å². The number of benzene rings is 7. The molecule has 3 aromatic heterocycles. The van der Waals surface area contributed by atoms with Crippen LogP contribution in [0.5, 0.6) is 0 Å². The van der Waals surface area contributed by atoms with Crippen molar-refractivity contribution in [2.24, 2.45) is 0 Å². The predicted molar refractivity (Wildman–Crippen MR) is 202 cm³/mol. The number of hydrogen-bond acceptors (Lipinski definition) is 5. The summed E-state index contributed by atoms with van der Waals surface area (Å²) in [5, 5.41) is 4.39. The molecule has 10 aromatic rings. The van der Waals surface area contributed by atoms with Gasteiger partial charge in [0.2, 0.25) is 0 Å². The molecular weight excluding hydrogens is 615 g/mol. The van der Waals surface area contributed by atoms with E-state index in [1.165, 1.54) is 0 Å². The van der Waals surface area contributed by atoms with Gasteiger partial charge >= 0.3 is 0 Å². The van der Waals surface area contributed by atoms with Gasteiger partial charge in [0.25, 0.3) is 0 Å². The Kier molecular flexibility index (Phi) is 6.42. The Morgan fingerprint density at radius 2 is 0.800 bits per heavy atom. The van der Waals surface area contributed by atoms with Crippen LogP contribution in [0.25, 0.3) is 100 Å². The number of nitrogens with zero attached hydrogens (tertiary/aromatic N) is 3. The van der Waals surface area contributed by atoms with Crippen LogP contribution >= 0.6 is 0 Å². The van der Waals surface area contributed by atoms with Gasteiger partial charge in [0.1, 0.15) is 22.3 Å². The summed E-state index contributed by atoms with van der Waals surface area (Å²) in [6.45, 7) is 0. The molecule has 50 heavy (non-hydrogen) atoms. The van der Waals surface area contributed by atoms with E-state index in [2.05, 4.69) is 66.7 Å². The average Bonchev–Trinajstić information content (AvgIpc) is 3.76. The fraction of sp³-hybridized carbons (Fsp3) is 0. The maximum Gasteiger partial charge on any atom is 0.164 e. The minimum atomic E-state index is 0.623. The first-order valence-electron chi connectivity index (χ1n) is 16.6. The molecule has 0 amide bonds. The first-order valence-corrected chi connectivity index (χ1v) is 16.6. The average molecular weight is 642 g/mol. The molecule has 5 nitrogen and oxygen atoms in total. The second-order valence-electron chi connectivity index (χ2n) is 12.4. The quantitative estimate of drug-likeness (QED) is 0.187. The topological polar surface area (TPSA) is 65.0 Å². The molecule has 0 radical (unpaired) electrons. The van der Waals surface area contributed by atoms with Gasteiger partial charge in [0.15, 0.2) is 17.5 Å². The molecule has 0 unspecified atom stereocenters. The fourth-order valence-electron chi connectivity index (χ4n) is 6.91. The molecule has 0 fully saturated rings. The van der Waals surface area contributed by atoms with Crippen LogP contribution in [0.1, 0.15) is 0 Å². The minimum absolute atomic E-state index is 0.623. The van der Waals surface area contributed by atoms with Crippen LogP contribution in [0.15, 0.2) is 173 Å². The number of fused-ring (bicyclic) bond motifs is 6. The highest BCUT2D eigenvalue weighted by atomic mass is 16.3. The first-order chi connectivity index (χ1) is 24.7. The Bertz CT molecular complexity index is 2810. The van der Waals surface area contributed by atoms with Gasteiger partial charge in [-0.05, 0) is 64.7 Å². The van der Waals surface area contributed by atoms with Gasteiger partial charge in [-0.15, -0.1) is 0 Å². The first kappa shape index (κ1) is 28.2. The molecule has 0 saturated carbocycles. The zero-order valence-corrected chi connectivity index (χ0v) is 26.7. The Hall–Kier alpha value is -6.85. The molecule has 5 heteroatoms. The van der Waals surface area contributed by atoms with E-state index in [-0.39, 0.29) is 0 Å². The lowest BCUT2D eigenvalue weighted by molar-refractivity contribution is 0.668. The van der Waals surface area contributed by atoms with Crippen LogP contribution in [0, 0.1) is 0 Å². The van der Waals surface area contributed by atoms with E-state index in [4.69, 9.17) is 23.8 Å². The molecule has 0 aliphatic carbocycles. The summed E-state index contributed by atoms with van der Waals surface area (Å²) >= 11 is 0. The van der Waals surface area contributed by atoms with E-state index in [0.29, 0.717) is 17.5 Å². The third-order valence-corrected chi connectivity index (χ3v) is 9.34. The summed E-state index contributed by atoms with van der Waals surface area (Å²) in [5.41, 5.74) is 10.6. The smallest absolute Gasteiger partial charge is 0.164 e. The summed E-state index contributed by atoms with van der Waals surface area (Å²) in [5.74, 6) is 1.90. The van der Waals surface area contributed by atoms with Crippen molar-refractivity contribution in [2.45, 2.75) is 0 Å². The second-order valence-corrected chi connectivity index (χ2v) is 12.4. The summed E-state index contributed by atoms with van der Waals surface area (Å²) in [4.78, 5) is 14.7. The number of hydrogen-bond donors (Lipinski definition) is 0. The zero-order valence-electron chi connectivity index (χ0n) is 26.7. The Balaban J connectivity index is 1.05. The molecule has 234 valence electrons. The highest BCUT2D eigenvalue weighted by molar-refractivity contribution is 6.13. The second kappa shape index (κ2) is 11.4.